The van der Waals surface area contributed by atoms with Gasteiger partial charge in [0.05, 0.1) is 17.4 Å². The highest BCUT2D eigenvalue weighted by atomic mass is 79.9. The first-order chi connectivity index (χ1) is 13.8. The van der Waals surface area contributed by atoms with Gasteiger partial charge in [0.15, 0.2) is 0 Å². The van der Waals surface area contributed by atoms with Crippen LogP contribution < -0.4 is 10.1 Å². The summed E-state index contributed by atoms with van der Waals surface area (Å²) in [5, 5.41) is 2.72. The van der Waals surface area contributed by atoms with Crippen molar-refractivity contribution in [1.82, 2.24) is 15.1 Å². The minimum atomic E-state index is -1.22. The van der Waals surface area contributed by atoms with Crippen molar-refractivity contribution in [3.05, 3.63) is 50.6 Å². The topological polar surface area (TPSA) is 79.0 Å². The molecule has 1 saturated heterocycles. The van der Waals surface area contributed by atoms with Gasteiger partial charge in [0.2, 0.25) is 5.91 Å². The number of benzene rings is 1. The normalized spacial score (nSPS) is 18.7. The van der Waals surface area contributed by atoms with Gasteiger partial charge in [-0.25, -0.2) is 4.79 Å². The Kier molecular flexibility index (Phi) is 6.28. The molecule has 3 rings (SSSR count). The largest absolute Gasteiger partial charge is 0.497 e. The van der Waals surface area contributed by atoms with Gasteiger partial charge in [-0.3, -0.25) is 14.5 Å². The second-order valence-electron chi connectivity index (χ2n) is 6.79. The summed E-state index contributed by atoms with van der Waals surface area (Å²) >= 11 is 4.96. The Balaban J connectivity index is 1.73. The highest BCUT2D eigenvalue weighted by Gasteiger charge is 2.49. The molecular weight excluding hydrogens is 458 g/mol. The van der Waals surface area contributed by atoms with Gasteiger partial charge in [-0.05, 0) is 59.6 Å². The van der Waals surface area contributed by atoms with Gasteiger partial charge in [-0.2, -0.15) is 0 Å². The average Bonchev–Trinajstić information content (AvgIpc) is 3.22. The first-order valence-corrected chi connectivity index (χ1v) is 10.7. The van der Waals surface area contributed by atoms with Gasteiger partial charge >= 0.3 is 6.03 Å². The molecule has 1 aliphatic rings. The zero-order valence-electron chi connectivity index (χ0n) is 16.4. The molecule has 2 heterocycles. The Hall–Kier alpha value is -2.39. The third kappa shape index (κ3) is 4.30. The van der Waals surface area contributed by atoms with Gasteiger partial charge in [0.25, 0.3) is 5.91 Å². The predicted octanol–water partition coefficient (Wildman–Crippen LogP) is 3.33. The van der Waals surface area contributed by atoms with E-state index in [9.17, 15) is 14.4 Å². The minimum Gasteiger partial charge on any atom is -0.497 e. The molecule has 0 aliphatic carbocycles. The number of halogens is 1. The van der Waals surface area contributed by atoms with E-state index in [1.807, 2.05) is 19.1 Å². The molecule has 29 heavy (non-hydrogen) atoms. The lowest BCUT2D eigenvalue weighted by molar-refractivity contribution is -0.139. The number of methoxy groups -OCH3 is 1. The second-order valence-corrected chi connectivity index (χ2v) is 9.34. The molecule has 9 heteroatoms. The summed E-state index contributed by atoms with van der Waals surface area (Å²) < 4.78 is 6.13. The molecule has 1 unspecified atom stereocenters. The standard InChI is InChI=1S/C20H22BrN3O4S/c1-4-23(11-15-9-10-16(21)29-15)17(25)12-24-18(26)20(2,22-19(24)27)13-5-7-14(28-3)8-6-13/h5-10H,4,11-12H2,1-3H3,(H,22,27). The number of imide groups is 1. The third-order valence-corrected chi connectivity index (χ3v) is 6.55. The number of carbonyl (C=O) groups is 3. The summed E-state index contributed by atoms with van der Waals surface area (Å²) in [7, 11) is 1.56. The summed E-state index contributed by atoms with van der Waals surface area (Å²) in [6.45, 7) is 4.13. The Morgan fingerprint density at radius 2 is 1.93 bits per heavy atom. The molecule has 2 aromatic rings. The van der Waals surface area contributed by atoms with E-state index in [0.29, 0.717) is 24.4 Å². The van der Waals surface area contributed by atoms with Gasteiger partial charge < -0.3 is 15.0 Å². The van der Waals surface area contributed by atoms with E-state index >= 15 is 0 Å². The van der Waals surface area contributed by atoms with Gasteiger partial charge in [-0.15, -0.1) is 11.3 Å². The molecule has 0 bridgehead atoms. The highest BCUT2D eigenvalue weighted by molar-refractivity contribution is 9.11. The van der Waals surface area contributed by atoms with Crippen molar-refractivity contribution >= 4 is 45.1 Å². The van der Waals surface area contributed by atoms with Crippen molar-refractivity contribution in [2.45, 2.75) is 25.9 Å². The summed E-state index contributed by atoms with van der Waals surface area (Å²) in [4.78, 5) is 42.0. The number of likely N-dealkylation sites (N-methyl/N-ethyl adjacent to an activating group) is 1. The number of nitrogens with zero attached hydrogens (tertiary/aromatic N) is 2. The number of amides is 4. The van der Waals surface area contributed by atoms with Crippen LogP contribution >= 0.6 is 27.3 Å². The lowest BCUT2D eigenvalue weighted by Gasteiger charge is -2.24. The number of hydrogen-bond donors (Lipinski definition) is 1. The van der Waals surface area contributed by atoms with E-state index in [1.54, 1.807) is 54.5 Å². The third-order valence-electron chi connectivity index (χ3n) is 4.95. The maximum Gasteiger partial charge on any atom is 0.325 e. The number of thiophene rings is 1. The van der Waals surface area contributed by atoms with Crippen molar-refractivity contribution in [2.24, 2.45) is 0 Å². The highest BCUT2D eigenvalue weighted by Crippen LogP contribution is 2.30. The van der Waals surface area contributed by atoms with Crippen LogP contribution in [0.25, 0.3) is 0 Å². The van der Waals surface area contributed by atoms with Crippen molar-refractivity contribution in [2.75, 3.05) is 20.2 Å². The number of hydrogen-bond acceptors (Lipinski definition) is 5. The molecule has 0 saturated carbocycles. The average molecular weight is 480 g/mol. The molecular formula is C20H22BrN3O4S. The summed E-state index contributed by atoms with van der Waals surface area (Å²) in [6, 6.07) is 10.2. The quantitative estimate of drug-likeness (QED) is 0.617. The Morgan fingerprint density at radius 3 is 2.48 bits per heavy atom. The SMILES string of the molecule is CCN(Cc1ccc(Br)s1)C(=O)CN1C(=O)NC(C)(c2ccc(OC)cc2)C1=O. The Bertz CT molecular complexity index is 930. The fourth-order valence-corrected chi connectivity index (χ4v) is 4.70. The van der Waals surface area contributed by atoms with Crippen LogP contribution in [0.5, 0.6) is 5.75 Å². The van der Waals surface area contributed by atoms with Crippen LogP contribution in [0.1, 0.15) is 24.3 Å². The molecule has 0 spiro atoms. The van der Waals surface area contributed by atoms with Gasteiger partial charge in [-0.1, -0.05) is 12.1 Å². The van der Waals surface area contributed by atoms with Crippen molar-refractivity contribution in [3.63, 3.8) is 0 Å². The molecule has 1 aromatic heterocycles. The fourth-order valence-electron chi connectivity index (χ4n) is 3.20. The molecule has 1 atom stereocenters. The molecule has 1 aliphatic heterocycles. The summed E-state index contributed by atoms with van der Waals surface area (Å²) in [5.74, 6) is -0.0737. The van der Waals surface area contributed by atoms with Gasteiger partial charge in [0.1, 0.15) is 17.8 Å². The van der Waals surface area contributed by atoms with Crippen molar-refractivity contribution in [3.8, 4) is 5.75 Å². The molecule has 4 amide bonds. The van der Waals surface area contributed by atoms with Crippen LogP contribution in [0.15, 0.2) is 40.2 Å². The van der Waals surface area contributed by atoms with Crippen LogP contribution in [0.4, 0.5) is 4.79 Å². The molecule has 1 N–H and O–H groups in total. The molecule has 1 aromatic carbocycles. The van der Waals surface area contributed by atoms with Crippen LogP contribution in [-0.2, 0) is 21.7 Å². The fraction of sp³-hybridized carbons (Fsp3) is 0.350. The molecule has 154 valence electrons. The monoisotopic (exact) mass is 479 g/mol. The van der Waals surface area contributed by atoms with E-state index in [2.05, 4.69) is 21.2 Å². The summed E-state index contributed by atoms with van der Waals surface area (Å²) in [5.41, 5.74) is -0.596. The predicted molar refractivity (Wildman–Crippen MR) is 114 cm³/mol. The first-order valence-electron chi connectivity index (χ1n) is 9.09. The number of carbonyl (C=O) groups excluding carboxylic acids is 3. The van der Waals surface area contributed by atoms with Crippen LogP contribution in [0, 0.1) is 0 Å². The lowest BCUT2D eigenvalue weighted by Crippen LogP contribution is -2.44. The van der Waals surface area contributed by atoms with Crippen molar-refractivity contribution in [1.29, 1.82) is 0 Å². The van der Waals surface area contributed by atoms with E-state index < -0.39 is 17.5 Å². The van der Waals surface area contributed by atoms with Crippen molar-refractivity contribution < 1.29 is 19.1 Å². The summed E-state index contributed by atoms with van der Waals surface area (Å²) in [6.07, 6.45) is 0. The number of ether oxygens (including phenoxy) is 1. The lowest BCUT2D eigenvalue weighted by atomic mass is 9.92. The maximum absolute atomic E-state index is 13.0. The Morgan fingerprint density at radius 1 is 1.24 bits per heavy atom. The van der Waals surface area contributed by atoms with E-state index in [1.165, 1.54) is 0 Å². The van der Waals surface area contributed by atoms with E-state index in [0.717, 1.165) is 13.6 Å². The molecule has 1 fully saturated rings. The van der Waals surface area contributed by atoms with Crippen LogP contribution in [-0.4, -0.2) is 47.8 Å². The Labute approximate surface area is 181 Å². The van der Waals surface area contributed by atoms with Gasteiger partial charge in [0, 0.05) is 11.4 Å². The van der Waals surface area contributed by atoms with Crippen LogP contribution in [0.2, 0.25) is 0 Å². The zero-order chi connectivity index (χ0) is 21.2. The second kappa shape index (κ2) is 8.54. The zero-order valence-corrected chi connectivity index (χ0v) is 18.8. The number of urea groups is 1. The van der Waals surface area contributed by atoms with Crippen LogP contribution in [0.3, 0.4) is 0 Å². The van der Waals surface area contributed by atoms with E-state index in [-0.39, 0.29) is 12.5 Å². The number of nitrogens with one attached hydrogen (secondary N) is 1. The van der Waals surface area contributed by atoms with E-state index in [4.69, 9.17) is 4.74 Å². The molecule has 7 nitrogen and oxygen atoms in total. The first kappa shape index (κ1) is 21.3. The minimum absolute atomic E-state index is 0.278. The maximum atomic E-state index is 13.0. The number of rotatable bonds is 7. The smallest absolute Gasteiger partial charge is 0.325 e. The molecule has 0 radical (unpaired) electrons.